The molecule has 0 amide bonds. The van der Waals surface area contributed by atoms with Crippen LogP contribution in [0.3, 0.4) is 0 Å². The first-order valence-electron chi connectivity index (χ1n) is 7.87. The molecule has 1 aromatic rings. The fourth-order valence-electron chi connectivity index (χ4n) is 2.86. The van der Waals surface area contributed by atoms with Crippen LogP contribution in [0.2, 0.25) is 0 Å². The van der Waals surface area contributed by atoms with Crippen molar-refractivity contribution in [2.75, 3.05) is 33.4 Å². The van der Waals surface area contributed by atoms with Gasteiger partial charge < -0.3 is 14.6 Å². The molecule has 1 unspecified atom stereocenters. The molecule has 0 spiro atoms. The molecular formula is C17H25NO4. The lowest BCUT2D eigenvalue weighted by Gasteiger charge is -2.22. The van der Waals surface area contributed by atoms with Crippen LogP contribution >= 0.6 is 0 Å². The topological polar surface area (TPSA) is 59.0 Å². The summed E-state index contributed by atoms with van der Waals surface area (Å²) in [5.74, 6) is 0.479. The minimum atomic E-state index is -0.265. The first kappa shape index (κ1) is 16.8. The summed E-state index contributed by atoms with van der Waals surface area (Å²) in [6.07, 6.45) is 3.38. The van der Waals surface area contributed by atoms with E-state index >= 15 is 0 Å². The highest BCUT2D eigenvalue weighted by atomic mass is 16.5. The summed E-state index contributed by atoms with van der Waals surface area (Å²) in [5.41, 5.74) is 0.851. The van der Waals surface area contributed by atoms with Gasteiger partial charge in [0.05, 0.1) is 26.7 Å². The third-order valence-electron chi connectivity index (χ3n) is 4.09. The van der Waals surface area contributed by atoms with Crippen LogP contribution in [0.25, 0.3) is 0 Å². The highest BCUT2D eigenvalue weighted by molar-refractivity contribution is 5.73. The fourth-order valence-corrected chi connectivity index (χ4v) is 2.86. The molecule has 122 valence electrons. The maximum Gasteiger partial charge on any atom is 0.310 e. The van der Waals surface area contributed by atoms with Gasteiger partial charge in [-0.25, -0.2) is 0 Å². The van der Waals surface area contributed by atoms with Crippen LogP contribution in [0.4, 0.5) is 0 Å². The number of para-hydroxylation sites is 1. The van der Waals surface area contributed by atoms with E-state index in [1.54, 1.807) is 0 Å². The molecule has 1 heterocycles. The van der Waals surface area contributed by atoms with Gasteiger partial charge in [-0.05, 0) is 31.9 Å². The van der Waals surface area contributed by atoms with Gasteiger partial charge >= 0.3 is 5.97 Å². The van der Waals surface area contributed by atoms with Crippen LogP contribution < -0.4 is 4.74 Å². The lowest BCUT2D eigenvalue weighted by Crippen LogP contribution is -2.33. The predicted octanol–water partition coefficient (Wildman–Crippen LogP) is 1.63. The Morgan fingerprint density at radius 3 is 3.00 bits per heavy atom. The maximum absolute atomic E-state index is 11.4. The number of aliphatic hydroxyl groups is 1. The van der Waals surface area contributed by atoms with Gasteiger partial charge in [0, 0.05) is 18.2 Å². The summed E-state index contributed by atoms with van der Waals surface area (Å²) in [4.78, 5) is 13.7. The van der Waals surface area contributed by atoms with E-state index in [2.05, 4.69) is 4.90 Å². The Morgan fingerprint density at radius 1 is 1.41 bits per heavy atom. The second-order valence-corrected chi connectivity index (χ2v) is 5.58. The quantitative estimate of drug-likeness (QED) is 0.584. The smallest absolute Gasteiger partial charge is 0.310 e. The molecule has 1 aliphatic heterocycles. The van der Waals surface area contributed by atoms with Gasteiger partial charge in [0.15, 0.2) is 0 Å². The Bertz CT molecular complexity index is 477. The number of hydrogen-bond acceptors (Lipinski definition) is 5. The second kappa shape index (κ2) is 8.76. The number of hydrogen-bond donors (Lipinski definition) is 1. The van der Waals surface area contributed by atoms with Gasteiger partial charge in [-0.3, -0.25) is 9.69 Å². The Hall–Kier alpha value is -1.59. The van der Waals surface area contributed by atoms with Gasteiger partial charge in [0.2, 0.25) is 0 Å². The summed E-state index contributed by atoms with van der Waals surface area (Å²) < 4.78 is 10.5. The Morgan fingerprint density at radius 2 is 2.23 bits per heavy atom. The zero-order chi connectivity index (χ0) is 15.8. The van der Waals surface area contributed by atoms with Crippen molar-refractivity contribution >= 4 is 5.97 Å². The molecule has 22 heavy (non-hydrogen) atoms. The second-order valence-electron chi connectivity index (χ2n) is 5.58. The van der Waals surface area contributed by atoms with E-state index in [-0.39, 0.29) is 19.0 Å². The number of carbonyl (C=O) groups is 1. The lowest BCUT2D eigenvalue weighted by molar-refractivity contribution is -0.139. The van der Waals surface area contributed by atoms with Crippen molar-refractivity contribution in [2.45, 2.75) is 31.7 Å². The van der Waals surface area contributed by atoms with Crippen molar-refractivity contribution in [1.29, 1.82) is 0 Å². The third kappa shape index (κ3) is 4.71. The van der Waals surface area contributed by atoms with Gasteiger partial charge in [-0.15, -0.1) is 0 Å². The van der Waals surface area contributed by atoms with Crippen molar-refractivity contribution < 1.29 is 19.4 Å². The van der Waals surface area contributed by atoms with E-state index in [1.165, 1.54) is 7.11 Å². The summed E-state index contributed by atoms with van der Waals surface area (Å²) in [6.45, 7) is 2.84. The number of benzene rings is 1. The largest absolute Gasteiger partial charge is 0.493 e. The number of methoxy groups -OCH3 is 1. The standard InChI is InChI=1S/C17H25NO4/c1-21-17(20)12-14-6-2-3-8-16(14)22-11-5-10-18-9-4-7-15(18)13-19/h2-3,6,8,15,19H,4-5,7,9-13H2,1H3. The average Bonchev–Trinajstić information content (AvgIpc) is 3.00. The molecule has 1 N–H and O–H groups in total. The summed E-state index contributed by atoms with van der Waals surface area (Å²) >= 11 is 0. The van der Waals surface area contributed by atoms with Crippen LogP contribution in [0.5, 0.6) is 5.75 Å². The summed E-state index contributed by atoms with van der Waals surface area (Å²) in [6, 6.07) is 7.87. The van der Waals surface area contributed by atoms with E-state index in [4.69, 9.17) is 9.47 Å². The molecule has 0 bridgehead atoms. The molecule has 1 saturated heterocycles. The molecule has 1 fully saturated rings. The van der Waals surface area contributed by atoms with Gasteiger partial charge in [0.25, 0.3) is 0 Å². The van der Waals surface area contributed by atoms with Gasteiger partial charge in [-0.2, -0.15) is 0 Å². The number of likely N-dealkylation sites (tertiary alicyclic amines) is 1. The molecule has 1 atom stereocenters. The van der Waals surface area contributed by atoms with Crippen molar-refractivity contribution in [2.24, 2.45) is 0 Å². The number of carbonyl (C=O) groups excluding carboxylic acids is 1. The van der Waals surface area contributed by atoms with E-state index in [1.807, 2.05) is 24.3 Å². The predicted molar refractivity (Wildman–Crippen MR) is 84.0 cm³/mol. The van der Waals surface area contributed by atoms with Crippen molar-refractivity contribution in [3.8, 4) is 5.75 Å². The number of nitrogens with zero attached hydrogens (tertiary/aromatic N) is 1. The van der Waals surface area contributed by atoms with Crippen molar-refractivity contribution in [3.63, 3.8) is 0 Å². The number of rotatable bonds is 8. The first-order valence-corrected chi connectivity index (χ1v) is 7.87. The minimum absolute atomic E-state index is 0.228. The van der Waals surface area contributed by atoms with E-state index < -0.39 is 0 Å². The monoisotopic (exact) mass is 307 g/mol. The van der Waals surface area contributed by atoms with E-state index in [0.29, 0.717) is 12.6 Å². The Balaban J connectivity index is 1.78. The van der Waals surface area contributed by atoms with Crippen LogP contribution in [0.1, 0.15) is 24.8 Å². The normalized spacial score (nSPS) is 18.4. The van der Waals surface area contributed by atoms with E-state index in [9.17, 15) is 9.90 Å². The van der Waals surface area contributed by atoms with Crippen molar-refractivity contribution in [1.82, 2.24) is 4.90 Å². The Labute approximate surface area is 131 Å². The molecule has 5 heteroatoms. The van der Waals surface area contributed by atoms with Gasteiger partial charge in [0.1, 0.15) is 5.75 Å². The SMILES string of the molecule is COC(=O)Cc1ccccc1OCCCN1CCCC1CO. The molecule has 1 aliphatic rings. The highest BCUT2D eigenvalue weighted by Crippen LogP contribution is 2.20. The molecular weight excluding hydrogens is 282 g/mol. The summed E-state index contributed by atoms with van der Waals surface area (Å²) in [5, 5.41) is 9.30. The minimum Gasteiger partial charge on any atom is -0.493 e. The molecule has 0 aromatic heterocycles. The average molecular weight is 307 g/mol. The third-order valence-corrected chi connectivity index (χ3v) is 4.09. The zero-order valence-corrected chi connectivity index (χ0v) is 13.2. The van der Waals surface area contributed by atoms with Crippen LogP contribution in [-0.2, 0) is 16.0 Å². The highest BCUT2D eigenvalue weighted by Gasteiger charge is 2.22. The van der Waals surface area contributed by atoms with Crippen LogP contribution in [0, 0.1) is 0 Å². The fraction of sp³-hybridized carbons (Fsp3) is 0.588. The van der Waals surface area contributed by atoms with Crippen LogP contribution in [0.15, 0.2) is 24.3 Å². The molecule has 0 aliphatic carbocycles. The maximum atomic E-state index is 11.4. The Kier molecular flexibility index (Phi) is 6.68. The molecule has 5 nitrogen and oxygen atoms in total. The number of esters is 1. The van der Waals surface area contributed by atoms with E-state index in [0.717, 1.165) is 43.7 Å². The molecule has 1 aromatic carbocycles. The lowest BCUT2D eigenvalue weighted by atomic mass is 10.1. The van der Waals surface area contributed by atoms with Gasteiger partial charge in [-0.1, -0.05) is 18.2 Å². The number of aliphatic hydroxyl groups excluding tert-OH is 1. The molecule has 0 saturated carbocycles. The first-order chi connectivity index (χ1) is 10.7. The number of ether oxygens (including phenoxy) is 2. The van der Waals surface area contributed by atoms with Crippen LogP contribution in [-0.4, -0.2) is 55.4 Å². The molecule has 0 radical (unpaired) electrons. The molecule has 2 rings (SSSR count). The zero-order valence-electron chi connectivity index (χ0n) is 13.2. The summed E-state index contributed by atoms with van der Waals surface area (Å²) in [7, 11) is 1.39. The van der Waals surface area contributed by atoms with Crippen molar-refractivity contribution in [3.05, 3.63) is 29.8 Å².